The van der Waals surface area contributed by atoms with Gasteiger partial charge in [-0.1, -0.05) is 18.5 Å². The highest BCUT2D eigenvalue weighted by molar-refractivity contribution is 6.31. The Balaban J connectivity index is 3.44. The number of benzene rings is 1. The Morgan fingerprint density at radius 3 is 2.33 bits per heavy atom. The van der Waals surface area contributed by atoms with Crippen LogP contribution in [0.4, 0.5) is 0 Å². The number of hydrogen-bond acceptors (Lipinski definition) is 3. The fraction of sp³-hybridized carbons (Fsp3) is 0.455. The zero-order valence-electron chi connectivity index (χ0n) is 9.26. The van der Waals surface area contributed by atoms with E-state index in [9.17, 15) is 0 Å². The van der Waals surface area contributed by atoms with Gasteiger partial charge < -0.3 is 15.2 Å². The van der Waals surface area contributed by atoms with Gasteiger partial charge in [0.05, 0.1) is 14.2 Å². The van der Waals surface area contributed by atoms with E-state index in [0.29, 0.717) is 17.3 Å². The molecule has 0 aromatic heterocycles. The second kappa shape index (κ2) is 5.24. The first-order chi connectivity index (χ1) is 7.19. The lowest BCUT2D eigenvalue weighted by molar-refractivity contribution is 0.351. The molecule has 0 radical (unpaired) electrons. The molecule has 0 aliphatic heterocycles. The fourth-order valence-electron chi connectivity index (χ4n) is 1.67. The summed E-state index contributed by atoms with van der Waals surface area (Å²) in [5, 5.41) is 0.631. The van der Waals surface area contributed by atoms with Crippen LogP contribution >= 0.6 is 11.6 Å². The maximum Gasteiger partial charge on any atom is 0.164 e. The number of hydrogen-bond donors (Lipinski definition) is 1. The van der Waals surface area contributed by atoms with E-state index in [1.165, 1.54) is 0 Å². The minimum absolute atomic E-state index is 0.405. The third-order valence-corrected chi connectivity index (χ3v) is 2.73. The first-order valence-corrected chi connectivity index (χ1v) is 5.19. The normalized spacial score (nSPS) is 10.2. The van der Waals surface area contributed by atoms with Crippen LogP contribution in [0, 0.1) is 0 Å². The van der Waals surface area contributed by atoms with Gasteiger partial charge in [-0.25, -0.2) is 0 Å². The van der Waals surface area contributed by atoms with Crippen LogP contribution < -0.4 is 15.2 Å². The monoisotopic (exact) mass is 229 g/mol. The summed E-state index contributed by atoms with van der Waals surface area (Å²) in [5.41, 5.74) is 7.61. The van der Waals surface area contributed by atoms with Gasteiger partial charge in [0.1, 0.15) is 0 Å². The lowest BCUT2D eigenvalue weighted by Crippen LogP contribution is -2.05. The predicted octanol–water partition coefficient (Wildman–Crippen LogP) is 2.38. The van der Waals surface area contributed by atoms with Crippen molar-refractivity contribution < 1.29 is 9.47 Å². The molecule has 0 aliphatic rings. The number of halogens is 1. The molecule has 4 heteroatoms. The molecule has 0 saturated carbocycles. The Labute approximate surface area is 95.1 Å². The number of nitrogens with two attached hydrogens (primary N) is 1. The highest BCUT2D eigenvalue weighted by Crippen LogP contribution is 2.38. The van der Waals surface area contributed by atoms with E-state index >= 15 is 0 Å². The van der Waals surface area contributed by atoms with E-state index in [1.807, 2.05) is 6.92 Å². The van der Waals surface area contributed by atoms with Gasteiger partial charge in [-0.3, -0.25) is 0 Å². The van der Waals surface area contributed by atoms with Crippen molar-refractivity contribution in [1.82, 2.24) is 0 Å². The Morgan fingerprint density at radius 2 is 1.93 bits per heavy atom. The highest BCUT2D eigenvalue weighted by atomic mass is 35.5. The Bertz CT molecular complexity index is 353. The van der Waals surface area contributed by atoms with Crippen molar-refractivity contribution in [2.24, 2.45) is 5.73 Å². The van der Waals surface area contributed by atoms with Gasteiger partial charge in [0.15, 0.2) is 11.5 Å². The maximum absolute atomic E-state index is 6.11. The van der Waals surface area contributed by atoms with Crippen molar-refractivity contribution in [3.63, 3.8) is 0 Å². The fourth-order valence-corrected chi connectivity index (χ4v) is 1.96. The van der Waals surface area contributed by atoms with Crippen LogP contribution in [0.1, 0.15) is 18.1 Å². The van der Waals surface area contributed by atoms with Crippen molar-refractivity contribution in [1.29, 1.82) is 0 Å². The van der Waals surface area contributed by atoms with E-state index in [-0.39, 0.29) is 0 Å². The van der Waals surface area contributed by atoms with Crippen LogP contribution in [-0.4, -0.2) is 14.2 Å². The summed E-state index contributed by atoms with van der Waals surface area (Å²) in [6.45, 7) is 2.44. The van der Waals surface area contributed by atoms with Crippen LogP contribution in [0.2, 0.25) is 5.02 Å². The molecule has 1 aromatic carbocycles. The topological polar surface area (TPSA) is 44.5 Å². The van der Waals surface area contributed by atoms with Crippen LogP contribution in [0.5, 0.6) is 11.5 Å². The van der Waals surface area contributed by atoms with Gasteiger partial charge in [0.25, 0.3) is 0 Å². The Hall–Kier alpha value is -0.930. The molecule has 0 saturated heterocycles. The summed E-state index contributed by atoms with van der Waals surface area (Å²) in [6.07, 6.45) is 0.812. The average molecular weight is 230 g/mol. The largest absolute Gasteiger partial charge is 0.493 e. The SMILES string of the molecule is CCc1c(CN)c(Cl)cc(OC)c1OC. The van der Waals surface area contributed by atoms with Crippen molar-refractivity contribution in [2.75, 3.05) is 14.2 Å². The molecule has 15 heavy (non-hydrogen) atoms. The number of methoxy groups -OCH3 is 2. The Kier molecular flexibility index (Phi) is 4.24. The van der Waals surface area contributed by atoms with E-state index in [2.05, 4.69) is 0 Å². The molecular formula is C11H16ClNO2. The molecule has 0 unspecified atom stereocenters. The second-order valence-electron chi connectivity index (χ2n) is 3.11. The summed E-state index contributed by atoms with van der Waals surface area (Å²) in [4.78, 5) is 0. The maximum atomic E-state index is 6.11. The molecule has 0 bridgehead atoms. The van der Waals surface area contributed by atoms with Crippen molar-refractivity contribution in [3.8, 4) is 11.5 Å². The van der Waals surface area contributed by atoms with Crippen molar-refractivity contribution in [3.05, 3.63) is 22.2 Å². The smallest absolute Gasteiger partial charge is 0.164 e. The minimum atomic E-state index is 0.405. The molecule has 2 N–H and O–H groups in total. The van der Waals surface area contributed by atoms with Crippen LogP contribution in [0.25, 0.3) is 0 Å². The minimum Gasteiger partial charge on any atom is -0.493 e. The van der Waals surface area contributed by atoms with Gasteiger partial charge in [-0.15, -0.1) is 0 Å². The summed E-state index contributed by atoms with van der Waals surface area (Å²) in [5.74, 6) is 1.38. The van der Waals surface area contributed by atoms with Crippen LogP contribution in [0.15, 0.2) is 6.07 Å². The lowest BCUT2D eigenvalue weighted by Gasteiger charge is -2.16. The zero-order chi connectivity index (χ0) is 11.4. The first-order valence-electron chi connectivity index (χ1n) is 4.81. The quantitative estimate of drug-likeness (QED) is 0.862. The second-order valence-corrected chi connectivity index (χ2v) is 3.52. The van der Waals surface area contributed by atoms with Gasteiger partial charge in [0.2, 0.25) is 0 Å². The van der Waals surface area contributed by atoms with Gasteiger partial charge in [0, 0.05) is 23.2 Å². The molecular weight excluding hydrogens is 214 g/mol. The van der Waals surface area contributed by atoms with E-state index in [0.717, 1.165) is 23.3 Å². The van der Waals surface area contributed by atoms with Gasteiger partial charge in [-0.05, 0) is 12.0 Å². The Morgan fingerprint density at radius 1 is 1.27 bits per heavy atom. The summed E-state index contributed by atoms with van der Waals surface area (Å²) in [6, 6.07) is 1.74. The summed E-state index contributed by atoms with van der Waals surface area (Å²) in [7, 11) is 3.21. The lowest BCUT2D eigenvalue weighted by atomic mass is 10.0. The van der Waals surface area contributed by atoms with E-state index < -0.39 is 0 Å². The molecule has 1 rings (SSSR count). The molecule has 0 heterocycles. The third-order valence-electron chi connectivity index (χ3n) is 2.39. The van der Waals surface area contributed by atoms with Crippen LogP contribution in [-0.2, 0) is 13.0 Å². The molecule has 0 amide bonds. The third kappa shape index (κ3) is 2.19. The van der Waals surface area contributed by atoms with E-state index in [4.69, 9.17) is 26.8 Å². The molecule has 0 spiro atoms. The summed E-state index contributed by atoms with van der Waals surface area (Å²) < 4.78 is 10.5. The zero-order valence-corrected chi connectivity index (χ0v) is 10.0. The van der Waals surface area contributed by atoms with Gasteiger partial charge in [-0.2, -0.15) is 0 Å². The van der Waals surface area contributed by atoms with Gasteiger partial charge >= 0.3 is 0 Å². The molecule has 0 aliphatic carbocycles. The average Bonchev–Trinajstić information content (AvgIpc) is 2.27. The molecule has 0 fully saturated rings. The highest BCUT2D eigenvalue weighted by Gasteiger charge is 2.16. The van der Waals surface area contributed by atoms with Crippen molar-refractivity contribution in [2.45, 2.75) is 19.9 Å². The number of ether oxygens (including phenoxy) is 2. The molecule has 0 atom stereocenters. The number of rotatable bonds is 4. The standard InChI is InChI=1S/C11H16ClNO2/c1-4-7-8(6-13)9(12)5-10(14-2)11(7)15-3/h5H,4,6,13H2,1-3H3. The van der Waals surface area contributed by atoms with Crippen LogP contribution in [0.3, 0.4) is 0 Å². The first kappa shape index (κ1) is 12.1. The summed E-state index contributed by atoms with van der Waals surface area (Å²) >= 11 is 6.11. The predicted molar refractivity (Wildman–Crippen MR) is 61.8 cm³/mol. The molecule has 1 aromatic rings. The van der Waals surface area contributed by atoms with Crippen molar-refractivity contribution >= 4 is 11.6 Å². The molecule has 84 valence electrons. The van der Waals surface area contributed by atoms with E-state index in [1.54, 1.807) is 20.3 Å². The molecule has 3 nitrogen and oxygen atoms in total.